The monoisotopic (exact) mass is 326 g/mol. The van der Waals surface area contributed by atoms with Gasteiger partial charge >= 0.3 is 6.09 Å². The highest BCUT2D eigenvalue weighted by Crippen LogP contribution is 2.30. The molecule has 22 heavy (non-hydrogen) atoms. The van der Waals surface area contributed by atoms with Crippen molar-refractivity contribution < 1.29 is 14.3 Å². The zero-order valence-corrected chi connectivity index (χ0v) is 14.0. The third kappa shape index (κ3) is 5.39. The fourth-order valence-corrected chi connectivity index (χ4v) is 2.39. The minimum atomic E-state index is -0.559. The smallest absolute Gasteiger partial charge is 0.412 e. The van der Waals surface area contributed by atoms with Gasteiger partial charge in [-0.3, -0.25) is 5.32 Å². The summed E-state index contributed by atoms with van der Waals surface area (Å²) in [5, 5.41) is 6.53. The van der Waals surface area contributed by atoms with Gasteiger partial charge in [-0.15, -0.1) is 0 Å². The van der Waals surface area contributed by atoms with Gasteiger partial charge in [0.15, 0.2) is 0 Å². The van der Waals surface area contributed by atoms with E-state index in [1.54, 1.807) is 18.2 Å². The van der Waals surface area contributed by atoms with Gasteiger partial charge in [0, 0.05) is 11.6 Å². The van der Waals surface area contributed by atoms with E-state index >= 15 is 0 Å². The summed E-state index contributed by atoms with van der Waals surface area (Å²) in [4.78, 5) is 11.9. The third-order valence-corrected chi connectivity index (χ3v) is 3.36. The first-order valence-electron chi connectivity index (χ1n) is 7.50. The van der Waals surface area contributed by atoms with Gasteiger partial charge in [-0.25, -0.2) is 4.79 Å². The first kappa shape index (κ1) is 16.9. The molecule has 2 rings (SSSR count). The van der Waals surface area contributed by atoms with Crippen LogP contribution in [-0.2, 0) is 4.74 Å². The summed E-state index contributed by atoms with van der Waals surface area (Å²) >= 11 is 6.02. The molecule has 1 aliphatic rings. The second-order valence-corrected chi connectivity index (χ2v) is 6.79. The Bertz CT molecular complexity index is 523. The standard InChI is InChI=1S/C16H23ClN2O3/c1-16(2,3)22-15(20)19-13-9-11(17)6-7-14(13)21-12-5-4-8-18-10-12/h6-7,9,12,18H,4-5,8,10H2,1-3H3,(H,19,20). The molecule has 0 radical (unpaired) electrons. The van der Waals surface area contributed by atoms with Gasteiger partial charge in [0.25, 0.3) is 0 Å². The van der Waals surface area contributed by atoms with Crippen LogP contribution in [0.4, 0.5) is 10.5 Å². The SMILES string of the molecule is CC(C)(C)OC(=O)Nc1cc(Cl)ccc1OC1CCCNC1. The van der Waals surface area contributed by atoms with Gasteiger partial charge in [0.2, 0.25) is 0 Å². The Morgan fingerprint density at radius 3 is 2.82 bits per heavy atom. The molecule has 1 amide bonds. The van der Waals surface area contributed by atoms with E-state index in [4.69, 9.17) is 21.1 Å². The average molecular weight is 327 g/mol. The minimum absolute atomic E-state index is 0.0918. The highest BCUT2D eigenvalue weighted by atomic mass is 35.5. The van der Waals surface area contributed by atoms with Gasteiger partial charge in [0.1, 0.15) is 17.5 Å². The molecule has 0 aromatic heterocycles. The molecular formula is C16H23ClN2O3. The number of amides is 1. The first-order valence-corrected chi connectivity index (χ1v) is 7.88. The van der Waals surface area contributed by atoms with Crippen molar-refractivity contribution in [1.82, 2.24) is 5.32 Å². The number of piperidine rings is 1. The normalized spacial score (nSPS) is 18.6. The number of halogens is 1. The maximum atomic E-state index is 11.9. The van der Waals surface area contributed by atoms with Crippen LogP contribution in [-0.4, -0.2) is 30.9 Å². The lowest BCUT2D eigenvalue weighted by Crippen LogP contribution is -2.37. The lowest BCUT2D eigenvalue weighted by Gasteiger charge is -2.25. The topological polar surface area (TPSA) is 59.6 Å². The van der Waals surface area contributed by atoms with E-state index in [-0.39, 0.29) is 6.10 Å². The number of benzene rings is 1. The second kappa shape index (κ2) is 7.20. The van der Waals surface area contributed by atoms with Crippen LogP contribution in [0.25, 0.3) is 0 Å². The zero-order valence-electron chi connectivity index (χ0n) is 13.2. The number of rotatable bonds is 3. The Morgan fingerprint density at radius 1 is 1.41 bits per heavy atom. The fourth-order valence-electron chi connectivity index (χ4n) is 2.22. The lowest BCUT2D eigenvalue weighted by molar-refractivity contribution is 0.0634. The second-order valence-electron chi connectivity index (χ2n) is 6.35. The molecule has 0 bridgehead atoms. The lowest BCUT2D eigenvalue weighted by atomic mass is 10.1. The predicted octanol–water partition coefficient (Wildman–Crippen LogP) is 3.82. The van der Waals surface area contributed by atoms with Crippen LogP contribution in [0.15, 0.2) is 18.2 Å². The Hall–Kier alpha value is -1.46. The molecule has 0 spiro atoms. The van der Waals surface area contributed by atoms with E-state index in [1.165, 1.54) is 0 Å². The van der Waals surface area contributed by atoms with Crippen molar-refractivity contribution in [3.8, 4) is 5.75 Å². The Kier molecular flexibility index (Phi) is 5.53. The maximum absolute atomic E-state index is 11.9. The number of carbonyl (C=O) groups excluding carboxylic acids is 1. The van der Waals surface area contributed by atoms with Crippen molar-refractivity contribution >= 4 is 23.4 Å². The molecular weight excluding hydrogens is 304 g/mol. The quantitative estimate of drug-likeness (QED) is 0.886. The Balaban J connectivity index is 2.08. The number of anilines is 1. The molecule has 1 heterocycles. The summed E-state index contributed by atoms with van der Waals surface area (Å²) in [6.07, 6.45) is 1.63. The van der Waals surface area contributed by atoms with Crippen molar-refractivity contribution in [3.05, 3.63) is 23.2 Å². The number of hydrogen-bond donors (Lipinski definition) is 2. The summed E-state index contributed by atoms with van der Waals surface area (Å²) in [7, 11) is 0. The first-order chi connectivity index (χ1) is 10.3. The van der Waals surface area contributed by atoms with E-state index in [9.17, 15) is 4.79 Å². The van der Waals surface area contributed by atoms with E-state index in [0.717, 1.165) is 25.9 Å². The van der Waals surface area contributed by atoms with Crippen molar-refractivity contribution in [2.75, 3.05) is 18.4 Å². The van der Waals surface area contributed by atoms with Crippen LogP contribution in [0, 0.1) is 0 Å². The van der Waals surface area contributed by atoms with Gasteiger partial charge in [-0.05, 0) is 58.4 Å². The molecule has 6 heteroatoms. The molecule has 122 valence electrons. The van der Waals surface area contributed by atoms with Gasteiger partial charge in [-0.1, -0.05) is 11.6 Å². The third-order valence-electron chi connectivity index (χ3n) is 3.12. The fraction of sp³-hybridized carbons (Fsp3) is 0.562. The number of hydrogen-bond acceptors (Lipinski definition) is 4. The van der Waals surface area contributed by atoms with E-state index < -0.39 is 11.7 Å². The van der Waals surface area contributed by atoms with Gasteiger partial charge < -0.3 is 14.8 Å². The van der Waals surface area contributed by atoms with E-state index in [2.05, 4.69) is 10.6 Å². The summed E-state index contributed by atoms with van der Waals surface area (Å²) < 4.78 is 11.2. The molecule has 1 fully saturated rings. The highest BCUT2D eigenvalue weighted by molar-refractivity contribution is 6.31. The molecule has 2 N–H and O–H groups in total. The molecule has 1 unspecified atom stereocenters. The number of carbonyl (C=O) groups is 1. The maximum Gasteiger partial charge on any atom is 0.412 e. The van der Waals surface area contributed by atoms with Gasteiger partial charge in [0.05, 0.1) is 5.69 Å². The van der Waals surface area contributed by atoms with Crippen molar-refractivity contribution in [2.45, 2.75) is 45.3 Å². The predicted molar refractivity (Wildman–Crippen MR) is 87.8 cm³/mol. The van der Waals surface area contributed by atoms with Crippen LogP contribution in [0.2, 0.25) is 5.02 Å². The summed E-state index contributed by atoms with van der Waals surface area (Å²) in [6.45, 7) is 7.26. The summed E-state index contributed by atoms with van der Waals surface area (Å²) in [6, 6.07) is 5.17. The van der Waals surface area contributed by atoms with Crippen LogP contribution < -0.4 is 15.4 Å². The minimum Gasteiger partial charge on any atom is -0.487 e. The van der Waals surface area contributed by atoms with Crippen molar-refractivity contribution in [3.63, 3.8) is 0 Å². The van der Waals surface area contributed by atoms with Crippen LogP contribution in [0.5, 0.6) is 5.75 Å². The van der Waals surface area contributed by atoms with Crippen LogP contribution in [0.3, 0.4) is 0 Å². The van der Waals surface area contributed by atoms with Crippen LogP contribution >= 0.6 is 11.6 Å². The Labute approximate surface area is 136 Å². The largest absolute Gasteiger partial charge is 0.487 e. The van der Waals surface area contributed by atoms with Crippen LogP contribution in [0.1, 0.15) is 33.6 Å². The summed E-state index contributed by atoms with van der Waals surface area (Å²) in [5.74, 6) is 0.601. The van der Waals surface area contributed by atoms with E-state index in [1.807, 2.05) is 20.8 Å². The molecule has 1 aromatic carbocycles. The molecule has 5 nitrogen and oxygen atoms in total. The Morgan fingerprint density at radius 2 is 2.18 bits per heavy atom. The molecule has 1 aliphatic heterocycles. The number of nitrogens with one attached hydrogen (secondary N) is 2. The van der Waals surface area contributed by atoms with E-state index in [0.29, 0.717) is 16.5 Å². The molecule has 0 aliphatic carbocycles. The van der Waals surface area contributed by atoms with Crippen molar-refractivity contribution in [2.24, 2.45) is 0 Å². The molecule has 1 saturated heterocycles. The molecule has 1 atom stereocenters. The molecule has 1 aromatic rings. The highest BCUT2D eigenvalue weighted by Gasteiger charge is 2.20. The van der Waals surface area contributed by atoms with Crippen molar-refractivity contribution in [1.29, 1.82) is 0 Å². The zero-order chi connectivity index (χ0) is 16.2. The number of ether oxygens (including phenoxy) is 2. The summed E-state index contributed by atoms with van der Waals surface area (Å²) in [5.41, 5.74) is -0.0379. The molecule has 0 saturated carbocycles. The average Bonchev–Trinajstić information content (AvgIpc) is 2.41. The van der Waals surface area contributed by atoms with Gasteiger partial charge in [-0.2, -0.15) is 0 Å².